The third kappa shape index (κ3) is 8.48. The van der Waals surface area contributed by atoms with Gasteiger partial charge in [0.1, 0.15) is 0 Å². The van der Waals surface area contributed by atoms with Crippen molar-refractivity contribution in [1.29, 1.82) is 0 Å². The van der Waals surface area contributed by atoms with Crippen molar-refractivity contribution in [1.82, 2.24) is 0 Å². The van der Waals surface area contributed by atoms with Gasteiger partial charge in [-0.3, -0.25) is 0 Å². The first-order chi connectivity index (χ1) is 10.5. The van der Waals surface area contributed by atoms with Gasteiger partial charge in [-0.25, -0.2) is 34.4 Å². The van der Waals surface area contributed by atoms with Gasteiger partial charge in [-0.15, -0.1) is 13.8 Å². The van der Waals surface area contributed by atoms with Crippen LogP contribution in [0.15, 0.2) is 33.4 Å². The summed E-state index contributed by atoms with van der Waals surface area (Å²) in [5.74, 6) is 0. The van der Waals surface area contributed by atoms with Crippen LogP contribution in [0.2, 0.25) is 0 Å². The van der Waals surface area contributed by atoms with E-state index in [2.05, 4.69) is 53.7 Å². The van der Waals surface area contributed by atoms with Crippen molar-refractivity contribution in [3.05, 3.63) is 45.6 Å². The number of hydrogen-bond donors (Lipinski definition) is 0. The minimum atomic E-state index is 0. The Labute approximate surface area is 164 Å². The van der Waals surface area contributed by atoms with E-state index in [1.807, 2.05) is 0 Å². The topological polar surface area (TPSA) is 0 Å². The minimum absolute atomic E-state index is 0. The van der Waals surface area contributed by atoms with E-state index in [0.717, 1.165) is 0 Å². The molecule has 2 aliphatic rings. The largest absolute Gasteiger partial charge is 2.00 e. The smallest absolute Gasteiger partial charge is 0.250 e. The van der Waals surface area contributed by atoms with Crippen LogP contribution >= 0.6 is 0 Å². The summed E-state index contributed by atoms with van der Waals surface area (Å²) in [6.45, 7) is 13.2. The zero-order valence-electron chi connectivity index (χ0n) is 16.2. The molecular formula is C22H34Zr. The van der Waals surface area contributed by atoms with Crippen LogP contribution in [0.1, 0.15) is 92.9 Å². The predicted molar refractivity (Wildman–Crippen MR) is 98.5 cm³/mol. The van der Waals surface area contributed by atoms with Gasteiger partial charge in [0.15, 0.2) is 0 Å². The molecule has 0 aromatic carbocycles. The summed E-state index contributed by atoms with van der Waals surface area (Å²) in [5.41, 5.74) is 8.79. The summed E-state index contributed by atoms with van der Waals surface area (Å²) < 4.78 is 0. The molecule has 0 nitrogen and oxygen atoms in total. The number of unbranched alkanes of at least 4 members (excludes halogenated alkanes) is 2. The monoisotopic (exact) mass is 388 g/mol. The average molecular weight is 390 g/mol. The molecule has 0 aromatic rings. The minimum Gasteiger partial charge on any atom is -0.250 e. The van der Waals surface area contributed by atoms with Gasteiger partial charge in [0.25, 0.3) is 0 Å². The SMILES string of the molecule is CCCCC1=[C-]C(C)=C(C)C1.CCCCC1=[C-]C(C)=C(C)C1.[Zr+2]. The number of rotatable bonds is 6. The van der Waals surface area contributed by atoms with E-state index >= 15 is 0 Å². The molecule has 2 rings (SSSR count). The van der Waals surface area contributed by atoms with Crippen molar-refractivity contribution in [2.45, 2.75) is 92.9 Å². The van der Waals surface area contributed by atoms with Crippen LogP contribution in [-0.4, -0.2) is 0 Å². The Hall–Kier alpha value is -0.157. The van der Waals surface area contributed by atoms with Crippen molar-refractivity contribution < 1.29 is 26.2 Å². The Morgan fingerprint density at radius 1 is 0.696 bits per heavy atom. The molecule has 0 fully saturated rings. The van der Waals surface area contributed by atoms with E-state index in [4.69, 9.17) is 0 Å². The fourth-order valence-electron chi connectivity index (χ4n) is 2.82. The molecule has 126 valence electrons. The molecule has 0 N–H and O–H groups in total. The Balaban J connectivity index is 0.000000403. The molecule has 0 saturated carbocycles. The van der Waals surface area contributed by atoms with Crippen molar-refractivity contribution >= 4 is 0 Å². The van der Waals surface area contributed by atoms with Gasteiger partial charge in [0.05, 0.1) is 0 Å². The molecule has 0 atom stereocenters. The van der Waals surface area contributed by atoms with Crippen molar-refractivity contribution in [3.63, 3.8) is 0 Å². The van der Waals surface area contributed by atoms with Crippen molar-refractivity contribution in [2.75, 3.05) is 0 Å². The molecule has 1 heteroatoms. The number of hydrogen-bond acceptors (Lipinski definition) is 0. The molecule has 2 aliphatic carbocycles. The molecule has 23 heavy (non-hydrogen) atoms. The molecule has 0 amide bonds. The van der Waals surface area contributed by atoms with E-state index in [0.29, 0.717) is 0 Å². The maximum absolute atomic E-state index is 3.43. The average Bonchev–Trinajstić information content (AvgIpc) is 2.98. The Morgan fingerprint density at radius 2 is 1.04 bits per heavy atom. The maximum atomic E-state index is 3.43. The third-order valence-corrected chi connectivity index (χ3v) is 4.63. The molecule has 0 unspecified atom stereocenters. The summed E-state index contributed by atoms with van der Waals surface area (Å²) in [6, 6.07) is 0. The Bertz CT molecular complexity index is 440. The number of allylic oxidation sites excluding steroid dienone is 8. The van der Waals surface area contributed by atoms with Crippen LogP contribution in [0.25, 0.3) is 0 Å². The van der Waals surface area contributed by atoms with Gasteiger partial charge >= 0.3 is 26.2 Å². The van der Waals surface area contributed by atoms with Crippen LogP contribution in [-0.2, 0) is 26.2 Å². The molecule has 0 radical (unpaired) electrons. The molecule has 0 bridgehead atoms. The summed E-state index contributed by atoms with van der Waals surface area (Å²) in [5, 5.41) is 0. The summed E-state index contributed by atoms with van der Waals surface area (Å²) in [7, 11) is 0. The second-order valence-electron chi connectivity index (χ2n) is 6.83. The van der Waals surface area contributed by atoms with Gasteiger partial charge in [0, 0.05) is 0 Å². The second-order valence-corrected chi connectivity index (χ2v) is 6.83. The summed E-state index contributed by atoms with van der Waals surface area (Å²) in [4.78, 5) is 0. The second kappa shape index (κ2) is 12.2. The maximum Gasteiger partial charge on any atom is 2.00 e. The van der Waals surface area contributed by atoms with E-state index < -0.39 is 0 Å². The molecule has 0 aromatic heterocycles. The van der Waals surface area contributed by atoms with Crippen LogP contribution in [0.5, 0.6) is 0 Å². The molecular weight excluding hydrogens is 355 g/mol. The normalized spacial score (nSPS) is 16.8. The zero-order valence-corrected chi connectivity index (χ0v) is 18.6. The van der Waals surface area contributed by atoms with E-state index in [-0.39, 0.29) is 26.2 Å². The van der Waals surface area contributed by atoms with Gasteiger partial charge in [-0.1, -0.05) is 79.1 Å². The Morgan fingerprint density at radius 3 is 1.26 bits per heavy atom. The van der Waals surface area contributed by atoms with E-state index in [1.165, 1.54) is 84.8 Å². The van der Waals surface area contributed by atoms with Crippen LogP contribution in [0.4, 0.5) is 0 Å². The predicted octanol–water partition coefficient (Wildman–Crippen LogP) is 7.29. The first-order valence-corrected chi connectivity index (χ1v) is 9.04. The first kappa shape index (κ1) is 22.8. The standard InChI is InChI=1S/2C11H17.Zr/c2*1-4-5-6-11-7-9(2)10(3)8-11;/h2*4-7H2,1-3H3;/q2*-1;+2. The molecule has 0 saturated heterocycles. The van der Waals surface area contributed by atoms with Crippen LogP contribution in [0.3, 0.4) is 0 Å². The van der Waals surface area contributed by atoms with Gasteiger partial charge in [-0.2, -0.15) is 11.1 Å². The van der Waals surface area contributed by atoms with Gasteiger partial charge in [-0.05, 0) is 0 Å². The van der Waals surface area contributed by atoms with Crippen molar-refractivity contribution in [3.8, 4) is 0 Å². The summed E-state index contributed by atoms with van der Waals surface area (Å²) in [6.07, 6.45) is 17.0. The quantitative estimate of drug-likeness (QED) is 0.418. The van der Waals surface area contributed by atoms with Crippen LogP contribution in [0, 0.1) is 12.2 Å². The van der Waals surface area contributed by atoms with E-state index in [9.17, 15) is 0 Å². The summed E-state index contributed by atoms with van der Waals surface area (Å²) >= 11 is 0. The van der Waals surface area contributed by atoms with E-state index in [1.54, 1.807) is 0 Å². The first-order valence-electron chi connectivity index (χ1n) is 9.04. The fourth-order valence-corrected chi connectivity index (χ4v) is 2.82. The van der Waals surface area contributed by atoms with Gasteiger partial charge in [0.2, 0.25) is 0 Å². The third-order valence-electron chi connectivity index (χ3n) is 4.63. The Kier molecular flexibility index (Phi) is 12.2. The molecule has 0 aliphatic heterocycles. The zero-order chi connectivity index (χ0) is 16.5. The van der Waals surface area contributed by atoms with Crippen molar-refractivity contribution in [2.24, 2.45) is 0 Å². The van der Waals surface area contributed by atoms with Gasteiger partial charge < -0.3 is 0 Å². The van der Waals surface area contributed by atoms with Crippen LogP contribution < -0.4 is 0 Å². The molecule has 0 heterocycles. The fraction of sp³-hybridized carbons (Fsp3) is 0.636. The molecule has 0 spiro atoms.